The molecule has 1 aliphatic carbocycles. The average Bonchev–Trinajstić information content (AvgIpc) is 2.48. The molecule has 122 valence electrons. The highest BCUT2D eigenvalue weighted by Crippen LogP contribution is 2.27. The van der Waals surface area contributed by atoms with Crippen LogP contribution in [0.5, 0.6) is 0 Å². The van der Waals surface area contributed by atoms with E-state index in [1.807, 2.05) is 0 Å². The van der Waals surface area contributed by atoms with Gasteiger partial charge in [0.2, 0.25) is 10.0 Å². The minimum Gasteiger partial charge on any atom is -0.355 e. The van der Waals surface area contributed by atoms with Gasteiger partial charge in [-0.05, 0) is 37.0 Å². The Morgan fingerprint density at radius 1 is 1.27 bits per heavy atom. The number of carbonyl (C=O) groups excluding carboxylic acids is 1. The summed E-state index contributed by atoms with van der Waals surface area (Å²) in [5, 5.41) is 2.87. The summed E-state index contributed by atoms with van der Waals surface area (Å²) in [5.74, 6) is -0.0807. The Labute approximate surface area is 136 Å². The monoisotopic (exact) mass is 344 g/mol. The number of hydrogen-bond donors (Lipinski definition) is 2. The predicted octanol–water partition coefficient (Wildman–Crippen LogP) is 3.02. The van der Waals surface area contributed by atoms with Crippen molar-refractivity contribution in [1.82, 2.24) is 5.32 Å². The summed E-state index contributed by atoms with van der Waals surface area (Å²) in [6, 6.07) is 4.54. The molecule has 22 heavy (non-hydrogen) atoms. The summed E-state index contributed by atoms with van der Waals surface area (Å²) in [5.41, 5.74) is 0.488. The quantitative estimate of drug-likeness (QED) is 0.862. The van der Waals surface area contributed by atoms with Gasteiger partial charge in [-0.3, -0.25) is 9.52 Å². The van der Waals surface area contributed by atoms with Crippen molar-refractivity contribution in [2.24, 2.45) is 5.92 Å². The normalized spacial score (nSPS) is 16.3. The lowest BCUT2D eigenvalue weighted by Crippen LogP contribution is -2.26. The Bertz CT molecular complexity index is 640. The third kappa shape index (κ3) is 4.61. The van der Waals surface area contributed by atoms with Crippen LogP contribution < -0.4 is 10.0 Å². The fraction of sp³-hybridized carbons (Fsp3) is 0.533. The zero-order chi connectivity index (χ0) is 16.2. The second-order valence-corrected chi connectivity index (χ2v) is 7.86. The minimum atomic E-state index is -3.48. The van der Waals surface area contributed by atoms with Crippen molar-refractivity contribution in [1.29, 1.82) is 0 Å². The smallest absolute Gasteiger partial charge is 0.253 e. The van der Waals surface area contributed by atoms with E-state index in [4.69, 9.17) is 11.6 Å². The maximum atomic E-state index is 12.3. The number of amides is 1. The van der Waals surface area contributed by atoms with Crippen LogP contribution in [0.3, 0.4) is 0 Å². The molecule has 1 aliphatic rings. The largest absolute Gasteiger partial charge is 0.355 e. The molecule has 0 aliphatic heterocycles. The van der Waals surface area contributed by atoms with Gasteiger partial charge in [0.05, 0.1) is 17.0 Å². The van der Waals surface area contributed by atoms with E-state index < -0.39 is 10.0 Å². The molecule has 5 nitrogen and oxygen atoms in total. The molecule has 1 aromatic rings. The Morgan fingerprint density at radius 2 is 1.95 bits per heavy atom. The molecule has 0 spiro atoms. The van der Waals surface area contributed by atoms with Crippen molar-refractivity contribution in [2.45, 2.75) is 32.1 Å². The number of hydrogen-bond acceptors (Lipinski definition) is 3. The van der Waals surface area contributed by atoms with Gasteiger partial charge in [0.15, 0.2) is 0 Å². The fourth-order valence-electron chi connectivity index (χ4n) is 2.80. The highest BCUT2D eigenvalue weighted by Gasteiger charge is 2.23. The maximum Gasteiger partial charge on any atom is 0.253 e. The first-order valence-corrected chi connectivity index (χ1v) is 9.46. The van der Waals surface area contributed by atoms with Gasteiger partial charge in [0, 0.05) is 12.1 Å². The van der Waals surface area contributed by atoms with E-state index in [0.717, 1.165) is 25.7 Å². The number of sulfonamides is 1. The molecule has 1 aromatic carbocycles. The molecule has 0 bridgehead atoms. The van der Waals surface area contributed by atoms with Crippen LogP contribution in [-0.4, -0.2) is 27.1 Å². The van der Waals surface area contributed by atoms with E-state index in [0.29, 0.717) is 5.02 Å². The molecule has 0 atom stereocenters. The van der Waals surface area contributed by atoms with Crippen LogP contribution in [-0.2, 0) is 10.0 Å². The van der Waals surface area contributed by atoms with Crippen LogP contribution in [0.2, 0.25) is 5.02 Å². The lowest BCUT2D eigenvalue weighted by atomic mass is 9.91. The Hall–Kier alpha value is -1.27. The van der Waals surface area contributed by atoms with E-state index >= 15 is 0 Å². The molecule has 0 saturated heterocycles. The molecule has 1 saturated carbocycles. The van der Waals surface area contributed by atoms with Crippen molar-refractivity contribution in [2.75, 3.05) is 17.5 Å². The van der Waals surface area contributed by atoms with E-state index in [1.54, 1.807) is 6.07 Å². The molecule has 1 fully saturated rings. The molecule has 1 amide bonds. The van der Waals surface area contributed by atoms with Crippen molar-refractivity contribution < 1.29 is 13.2 Å². The number of benzene rings is 1. The van der Waals surface area contributed by atoms with Gasteiger partial charge in [0.25, 0.3) is 5.91 Å². The summed E-state index contributed by atoms with van der Waals surface area (Å²) in [4.78, 5) is 11.9. The molecular formula is C15H21ClN2O3S. The zero-order valence-electron chi connectivity index (χ0n) is 12.6. The molecule has 0 heterocycles. The number of carbonyl (C=O) groups is 1. The molecule has 0 radical (unpaired) electrons. The van der Waals surface area contributed by atoms with Gasteiger partial charge in [-0.25, -0.2) is 8.42 Å². The molecule has 0 unspecified atom stereocenters. The highest BCUT2D eigenvalue weighted by molar-refractivity contribution is 7.92. The van der Waals surface area contributed by atoms with Crippen LogP contribution in [0, 0.1) is 5.92 Å². The summed E-state index contributed by atoms with van der Waals surface area (Å²) in [6.07, 6.45) is 5.25. The molecule has 2 rings (SSSR count). The van der Waals surface area contributed by atoms with Crippen LogP contribution in [0.15, 0.2) is 18.2 Å². The van der Waals surface area contributed by atoms with Crippen LogP contribution >= 0.6 is 11.6 Å². The topological polar surface area (TPSA) is 75.3 Å². The van der Waals surface area contributed by atoms with Gasteiger partial charge < -0.3 is 5.32 Å². The number of rotatable bonds is 5. The van der Waals surface area contributed by atoms with Crippen molar-refractivity contribution >= 4 is 33.2 Å². The molecule has 7 heteroatoms. The van der Waals surface area contributed by atoms with E-state index in [1.165, 1.54) is 25.6 Å². The first-order valence-electron chi connectivity index (χ1n) is 7.43. The third-order valence-electron chi connectivity index (χ3n) is 3.90. The van der Waals surface area contributed by atoms with Crippen molar-refractivity contribution in [3.63, 3.8) is 0 Å². The van der Waals surface area contributed by atoms with Crippen LogP contribution in [0.1, 0.15) is 42.5 Å². The van der Waals surface area contributed by atoms with Crippen LogP contribution in [0.25, 0.3) is 0 Å². The van der Waals surface area contributed by atoms with Crippen molar-refractivity contribution in [3.05, 3.63) is 28.8 Å². The van der Waals surface area contributed by atoms with Crippen molar-refractivity contribution in [3.8, 4) is 0 Å². The predicted molar refractivity (Wildman–Crippen MR) is 88.8 cm³/mol. The second-order valence-electron chi connectivity index (χ2n) is 5.66. The Morgan fingerprint density at radius 3 is 2.59 bits per heavy atom. The second kappa shape index (κ2) is 7.33. The lowest BCUT2D eigenvalue weighted by Gasteiger charge is -2.22. The zero-order valence-corrected chi connectivity index (χ0v) is 14.1. The van der Waals surface area contributed by atoms with E-state index in [2.05, 4.69) is 10.0 Å². The maximum absolute atomic E-state index is 12.3. The first-order chi connectivity index (χ1) is 10.4. The molecule has 0 aromatic heterocycles. The summed E-state index contributed by atoms with van der Waals surface area (Å²) < 4.78 is 27.2. The fourth-order valence-corrected chi connectivity index (χ4v) is 4.52. The SMILES string of the molecule is CNC(=O)c1cc(Cl)ccc1NS(=O)(=O)CC1CCCCC1. The van der Waals surface area contributed by atoms with Gasteiger partial charge in [-0.1, -0.05) is 30.9 Å². The lowest BCUT2D eigenvalue weighted by molar-refractivity contribution is 0.0964. The van der Waals surface area contributed by atoms with Gasteiger partial charge >= 0.3 is 0 Å². The molecule has 2 N–H and O–H groups in total. The van der Waals surface area contributed by atoms with Gasteiger partial charge in [0.1, 0.15) is 0 Å². The standard InChI is InChI=1S/C15H21ClN2O3S/c1-17-15(19)13-9-12(16)7-8-14(13)18-22(20,21)10-11-5-3-2-4-6-11/h7-9,11,18H,2-6,10H2,1H3,(H,17,19). The third-order valence-corrected chi connectivity index (χ3v) is 5.57. The van der Waals surface area contributed by atoms with Gasteiger partial charge in [-0.15, -0.1) is 0 Å². The Kier molecular flexibility index (Phi) is 5.69. The first kappa shape index (κ1) is 17.1. The highest BCUT2D eigenvalue weighted by atomic mass is 35.5. The van der Waals surface area contributed by atoms with E-state index in [9.17, 15) is 13.2 Å². The van der Waals surface area contributed by atoms with Crippen LogP contribution in [0.4, 0.5) is 5.69 Å². The number of halogens is 1. The minimum absolute atomic E-state index is 0.100. The summed E-state index contributed by atoms with van der Waals surface area (Å²) in [7, 11) is -1.99. The summed E-state index contributed by atoms with van der Waals surface area (Å²) in [6.45, 7) is 0. The Balaban J connectivity index is 2.16. The summed E-state index contributed by atoms with van der Waals surface area (Å²) >= 11 is 5.89. The van der Waals surface area contributed by atoms with E-state index in [-0.39, 0.29) is 28.8 Å². The molecular weight excluding hydrogens is 324 g/mol. The number of anilines is 1. The number of nitrogens with one attached hydrogen (secondary N) is 2. The average molecular weight is 345 g/mol. The van der Waals surface area contributed by atoms with Gasteiger partial charge in [-0.2, -0.15) is 0 Å².